The predicted molar refractivity (Wildman–Crippen MR) is 101 cm³/mol. The topological polar surface area (TPSA) is 56.7 Å². The molecule has 2 heterocycles. The van der Waals surface area contributed by atoms with Gasteiger partial charge in [-0.15, -0.1) is 0 Å². The van der Waals surface area contributed by atoms with Gasteiger partial charge in [0.1, 0.15) is 0 Å². The molecule has 0 aliphatic carbocycles. The molecule has 144 valence electrons. The maximum absolute atomic E-state index is 12.9. The maximum atomic E-state index is 12.9. The van der Waals surface area contributed by atoms with Crippen molar-refractivity contribution in [3.8, 4) is 0 Å². The lowest BCUT2D eigenvalue weighted by Gasteiger charge is -2.32. The van der Waals surface area contributed by atoms with E-state index < -0.39 is 18.0 Å². The number of halogens is 3. The molecule has 0 saturated carbocycles. The number of hydrazone groups is 1. The van der Waals surface area contributed by atoms with E-state index >= 15 is 0 Å². The highest BCUT2D eigenvalue weighted by Gasteiger charge is 2.36. The van der Waals surface area contributed by atoms with E-state index in [1.165, 1.54) is 23.9 Å². The largest absolute Gasteiger partial charge is 0.416 e. The monoisotopic (exact) mass is 404 g/mol. The molecular weight excluding hydrogens is 389 g/mol. The highest BCUT2D eigenvalue weighted by molar-refractivity contribution is 8.13. The number of carbonyl (C=O) groups is 1. The van der Waals surface area contributed by atoms with E-state index in [0.29, 0.717) is 22.2 Å². The molecule has 9 heteroatoms. The number of hydrogen-bond acceptors (Lipinski definition) is 5. The zero-order chi connectivity index (χ0) is 19.7. The minimum atomic E-state index is -4.38. The number of thioether (sulfide) groups is 1. The van der Waals surface area contributed by atoms with Crippen LogP contribution in [-0.4, -0.2) is 22.3 Å². The summed E-state index contributed by atoms with van der Waals surface area (Å²) in [6.45, 7) is 0. The van der Waals surface area contributed by atoms with Gasteiger partial charge in [-0.05, 0) is 17.2 Å². The van der Waals surface area contributed by atoms with Crippen LogP contribution >= 0.6 is 11.8 Å². The molecule has 0 aromatic heterocycles. The van der Waals surface area contributed by atoms with Gasteiger partial charge in [-0.25, -0.2) is 0 Å². The molecule has 28 heavy (non-hydrogen) atoms. The number of rotatable bonds is 3. The van der Waals surface area contributed by atoms with Crippen molar-refractivity contribution in [3.05, 3.63) is 77.4 Å². The number of alkyl halides is 3. The van der Waals surface area contributed by atoms with E-state index in [4.69, 9.17) is 0 Å². The second-order valence-corrected chi connectivity index (χ2v) is 7.13. The van der Waals surface area contributed by atoms with Gasteiger partial charge in [0.05, 0.1) is 11.3 Å². The molecule has 2 aromatic carbocycles. The van der Waals surface area contributed by atoms with Crippen molar-refractivity contribution in [1.82, 2.24) is 15.6 Å². The summed E-state index contributed by atoms with van der Waals surface area (Å²) < 4.78 is 38.7. The number of carbonyl (C=O) groups excluding carboxylic acids is 1. The second kappa shape index (κ2) is 7.23. The Hall–Kier alpha value is -2.94. The van der Waals surface area contributed by atoms with Gasteiger partial charge in [-0.2, -0.15) is 18.3 Å². The zero-order valence-electron chi connectivity index (χ0n) is 14.4. The van der Waals surface area contributed by atoms with Crippen LogP contribution in [0, 0.1) is 0 Å². The van der Waals surface area contributed by atoms with Crippen LogP contribution in [0.2, 0.25) is 0 Å². The zero-order valence-corrected chi connectivity index (χ0v) is 15.2. The lowest BCUT2D eigenvalue weighted by molar-refractivity contribution is -0.137. The number of nitrogens with zero attached hydrogens (tertiary/aromatic N) is 2. The molecule has 2 aromatic rings. The molecule has 2 N–H and O–H groups in total. The summed E-state index contributed by atoms with van der Waals surface area (Å²) in [7, 11) is 0. The summed E-state index contributed by atoms with van der Waals surface area (Å²) in [5, 5.41) is 7.58. The first-order chi connectivity index (χ1) is 13.4. The number of amidine groups is 1. The molecule has 5 nitrogen and oxygen atoms in total. The first-order valence-corrected chi connectivity index (χ1v) is 9.39. The maximum Gasteiger partial charge on any atom is 0.416 e. The number of amides is 1. The molecule has 0 saturated heterocycles. The Bertz CT molecular complexity index is 959. The Morgan fingerprint density at radius 3 is 2.64 bits per heavy atom. The Morgan fingerprint density at radius 1 is 1.11 bits per heavy atom. The van der Waals surface area contributed by atoms with E-state index in [-0.39, 0.29) is 5.91 Å². The molecule has 1 atom stereocenters. The Labute approximate surface area is 163 Å². The highest BCUT2D eigenvalue weighted by Crippen LogP contribution is 2.33. The molecule has 1 amide bonds. The van der Waals surface area contributed by atoms with Crippen molar-refractivity contribution in [2.75, 3.05) is 0 Å². The van der Waals surface area contributed by atoms with Gasteiger partial charge in [0, 0.05) is 11.8 Å². The lowest BCUT2D eigenvalue weighted by atomic mass is 10.1. The highest BCUT2D eigenvalue weighted by atomic mass is 32.2. The molecule has 2 aliphatic heterocycles. The molecule has 1 unspecified atom stereocenters. The van der Waals surface area contributed by atoms with Gasteiger partial charge < -0.3 is 5.32 Å². The molecule has 0 bridgehead atoms. The van der Waals surface area contributed by atoms with Crippen LogP contribution < -0.4 is 10.7 Å². The Balaban J connectivity index is 1.55. The van der Waals surface area contributed by atoms with E-state index in [2.05, 4.69) is 15.8 Å². The molecule has 0 fully saturated rings. The van der Waals surface area contributed by atoms with Gasteiger partial charge >= 0.3 is 6.18 Å². The quantitative estimate of drug-likeness (QED) is 0.821. The average Bonchev–Trinajstić information content (AvgIpc) is 3.08. The third kappa shape index (κ3) is 3.70. The van der Waals surface area contributed by atoms with Crippen molar-refractivity contribution < 1.29 is 18.0 Å². The fourth-order valence-electron chi connectivity index (χ4n) is 2.97. The first-order valence-electron chi connectivity index (χ1n) is 8.41. The van der Waals surface area contributed by atoms with Crippen LogP contribution in [0.4, 0.5) is 13.2 Å². The van der Waals surface area contributed by atoms with Gasteiger partial charge in [0.2, 0.25) is 5.91 Å². The van der Waals surface area contributed by atoms with Crippen LogP contribution in [0.5, 0.6) is 0 Å². The van der Waals surface area contributed by atoms with Crippen molar-refractivity contribution in [2.45, 2.75) is 18.2 Å². The summed E-state index contributed by atoms with van der Waals surface area (Å²) in [6.07, 6.45) is -3.42. The van der Waals surface area contributed by atoms with Crippen LogP contribution in [-0.2, 0) is 16.7 Å². The van der Waals surface area contributed by atoms with E-state index in [1.54, 1.807) is 6.07 Å². The Kier molecular flexibility index (Phi) is 4.76. The third-order valence-electron chi connectivity index (χ3n) is 4.24. The van der Waals surface area contributed by atoms with Crippen LogP contribution in [0.3, 0.4) is 0 Å². The third-order valence-corrected chi connectivity index (χ3v) is 5.27. The molecule has 4 rings (SSSR count). The summed E-state index contributed by atoms with van der Waals surface area (Å²) in [6, 6.07) is 14.6. The SMILES string of the molecule is O=C1C=C(c2ccccc2)N2C(SCc3cccc(C(F)(F)F)c3)=NNC2N1. The lowest BCUT2D eigenvalue weighted by Crippen LogP contribution is -2.53. The minimum Gasteiger partial charge on any atom is -0.314 e. The first kappa shape index (κ1) is 18.4. The van der Waals surface area contributed by atoms with Gasteiger partial charge in [0.15, 0.2) is 11.5 Å². The fourth-order valence-corrected chi connectivity index (χ4v) is 3.90. The summed E-state index contributed by atoms with van der Waals surface area (Å²) in [4.78, 5) is 13.8. The summed E-state index contributed by atoms with van der Waals surface area (Å²) in [5.74, 6) is 0.0656. The van der Waals surface area contributed by atoms with Gasteiger partial charge in [0.25, 0.3) is 0 Å². The van der Waals surface area contributed by atoms with Gasteiger partial charge in [-0.1, -0.05) is 60.3 Å². The average molecular weight is 404 g/mol. The van der Waals surface area contributed by atoms with Crippen molar-refractivity contribution in [1.29, 1.82) is 0 Å². The fraction of sp³-hybridized carbons (Fsp3) is 0.158. The number of benzene rings is 2. The smallest absolute Gasteiger partial charge is 0.314 e. The summed E-state index contributed by atoms with van der Waals surface area (Å²) >= 11 is 1.30. The van der Waals surface area contributed by atoms with E-state index in [9.17, 15) is 18.0 Å². The Morgan fingerprint density at radius 2 is 1.89 bits per heavy atom. The van der Waals surface area contributed by atoms with Crippen molar-refractivity contribution in [2.24, 2.45) is 5.10 Å². The van der Waals surface area contributed by atoms with Crippen molar-refractivity contribution in [3.63, 3.8) is 0 Å². The molecule has 0 spiro atoms. The minimum absolute atomic E-state index is 0.244. The van der Waals surface area contributed by atoms with Crippen LogP contribution in [0.1, 0.15) is 16.7 Å². The molecular formula is C19H15F3N4OS. The van der Waals surface area contributed by atoms with E-state index in [0.717, 1.165) is 17.7 Å². The number of nitrogens with one attached hydrogen (secondary N) is 2. The predicted octanol–water partition coefficient (Wildman–Crippen LogP) is 3.57. The summed E-state index contributed by atoms with van der Waals surface area (Å²) in [5.41, 5.74) is 4.24. The van der Waals surface area contributed by atoms with Crippen LogP contribution in [0.25, 0.3) is 5.70 Å². The van der Waals surface area contributed by atoms with Crippen molar-refractivity contribution >= 4 is 28.5 Å². The van der Waals surface area contributed by atoms with Crippen LogP contribution in [0.15, 0.2) is 65.8 Å². The number of hydrogen-bond donors (Lipinski definition) is 2. The van der Waals surface area contributed by atoms with Gasteiger partial charge in [-0.3, -0.25) is 15.1 Å². The normalized spacial score (nSPS) is 18.8. The second-order valence-electron chi connectivity index (χ2n) is 6.19. The van der Waals surface area contributed by atoms with E-state index in [1.807, 2.05) is 35.2 Å². The standard InChI is InChI=1S/C19H15F3N4OS/c20-19(21,22)14-8-4-5-12(9-14)11-28-18-25-24-17-23-16(27)10-15(26(17)18)13-6-2-1-3-7-13/h1-10,17,24H,11H2,(H,23,27). The molecule has 0 radical (unpaired) electrons. The number of fused-ring (bicyclic) bond motifs is 1. The molecule has 2 aliphatic rings.